The van der Waals surface area contributed by atoms with Crippen LogP contribution in [-0.4, -0.2) is 13.2 Å². The fourth-order valence-electron chi connectivity index (χ4n) is 1.80. The summed E-state index contributed by atoms with van der Waals surface area (Å²) in [6, 6.07) is 4.27. The Morgan fingerprint density at radius 1 is 1.50 bits per heavy atom. The van der Waals surface area contributed by atoms with Gasteiger partial charge >= 0.3 is 0 Å². The molecule has 1 aromatic carbocycles. The molecule has 0 aliphatic heterocycles. The number of methoxy groups -OCH3 is 1. The SMILES string of the molecule is COc1cc(C)c(C2CC2N)cc1Cl. The van der Waals surface area contributed by atoms with Crippen LogP contribution in [0.1, 0.15) is 23.5 Å². The van der Waals surface area contributed by atoms with E-state index in [1.165, 1.54) is 11.1 Å². The summed E-state index contributed by atoms with van der Waals surface area (Å²) in [5.41, 5.74) is 8.29. The van der Waals surface area contributed by atoms with Crippen LogP contribution in [0.4, 0.5) is 0 Å². The molecule has 14 heavy (non-hydrogen) atoms. The zero-order chi connectivity index (χ0) is 10.3. The highest BCUT2D eigenvalue weighted by Crippen LogP contribution is 2.43. The summed E-state index contributed by atoms with van der Waals surface area (Å²) in [5.74, 6) is 1.24. The minimum atomic E-state index is 0.318. The molecule has 2 rings (SSSR count). The Balaban J connectivity index is 2.38. The van der Waals surface area contributed by atoms with E-state index in [1.807, 2.05) is 12.1 Å². The Morgan fingerprint density at radius 2 is 2.14 bits per heavy atom. The quantitative estimate of drug-likeness (QED) is 0.816. The Bertz CT molecular complexity index is 365. The van der Waals surface area contributed by atoms with Crippen molar-refractivity contribution in [3.8, 4) is 5.75 Å². The first kappa shape index (κ1) is 9.81. The first-order chi connectivity index (χ1) is 6.63. The van der Waals surface area contributed by atoms with Crippen molar-refractivity contribution in [1.82, 2.24) is 0 Å². The highest BCUT2D eigenvalue weighted by Gasteiger charge is 2.36. The molecule has 1 aliphatic carbocycles. The van der Waals surface area contributed by atoms with Gasteiger partial charge in [-0.15, -0.1) is 0 Å². The monoisotopic (exact) mass is 211 g/mol. The summed E-state index contributed by atoms with van der Waals surface area (Å²) in [6.07, 6.45) is 1.07. The van der Waals surface area contributed by atoms with Gasteiger partial charge in [-0.25, -0.2) is 0 Å². The van der Waals surface area contributed by atoms with Gasteiger partial charge in [0.2, 0.25) is 0 Å². The van der Waals surface area contributed by atoms with Crippen molar-refractivity contribution in [2.75, 3.05) is 7.11 Å². The van der Waals surface area contributed by atoms with E-state index in [9.17, 15) is 0 Å². The van der Waals surface area contributed by atoms with E-state index in [2.05, 4.69) is 6.92 Å². The number of hydrogen-bond acceptors (Lipinski definition) is 2. The van der Waals surface area contributed by atoms with Crippen LogP contribution in [0.2, 0.25) is 5.02 Å². The van der Waals surface area contributed by atoms with Crippen LogP contribution < -0.4 is 10.5 Å². The average molecular weight is 212 g/mol. The lowest BCUT2D eigenvalue weighted by Gasteiger charge is -2.09. The van der Waals surface area contributed by atoms with E-state index in [4.69, 9.17) is 22.1 Å². The Labute approximate surface area is 89.0 Å². The molecule has 1 aliphatic rings. The summed E-state index contributed by atoms with van der Waals surface area (Å²) in [4.78, 5) is 0. The third-order valence-electron chi connectivity index (χ3n) is 2.78. The summed E-state index contributed by atoms with van der Waals surface area (Å²) < 4.78 is 5.14. The van der Waals surface area contributed by atoms with Gasteiger partial charge in [-0.05, 0) is 36.6 Å². The number of nitrogens with two attached hydrogens (primary N) is 1. The van der Waals surface area contributed by atoms with Gasteiger partial charge in [0, 0.05) is 12.0 Å². The van der Waals surface area contributed by atoms with E-state index >= 15 is 0 Å². The third-order valence-corrected chi connectivity index (χ3v) is 3.08. The number of halogens is 1. The topological polar surface area (TPSA) is 35.2 Å². The Hall–Kier alpha value is -0.730. The van der Waals surface area contributed by atoms with E-state index < -0.39 is 0 Å². The molecule has 0 aromatic heterocycles. The zero-order valence-electron chi connectivity index (χ0n) is 8.38. The summed E-state index contributed by atoms with van der Waals surface area (Å²) in [5, 5.41) is 0.673. The number of hydrogen-bond donors (Lipinski definition) is 1. The molecule has 0 amide bonds. The second kappa shape index (κ2) is 3.44. The molecule has 2 atom stereocenters. The fraction of sp³-hybridized carbons (Fsp3) is 0.455. The van der Waals surface area contributed by atoms with Crippen LogP contribution in [0.25, 0.3) is 0 Å². The first-order valence-electron chi connectivity index (χ1n) is 4.73. The molecule has 0 heterocycles. The van der Waals surface area contributed by atoms with Gasteiger partial charge < -0.3 is 10.5 Å². The normalized spacial score (nSPS) is 24.9. The largest absolute Gasteiger partial charge is 0.495 e. The number of aryl methyl sites for hydroxylation is 1. The van der Waals surface area contributed by atoms with Crippen molar-refractivity contribution >= 4 is 11.6 Å². The third kappa shape index (κ3) is 1.60. The van der Waals surface area contributed by atoms with Crippen molar-refractivity contribution in [2.24, 2.45) is 5.73 Å². The molecule has 2 nitrogen and oxygen atoms in total. The van der Waals surface area contributed by atoms with Crippen molar-refractivity contribution in [2.45, 2.75) is 25.3 Å². The number of ether oxygens (including phenoxy) is 1. The van der Waals surface area contributed by atoms with Gasteiger partial charge in [-0.3, -0.25) is 0 Å². The van der Waals surface area contributed by atoms with Gasteiger partial charge in [0.25, 0.3) is 0 Å². The van der Waals surface area contributed by atoms with Gasteiger partial charge in [0.1, 0.15) is 5.75 Å². The van der Waals surface area contributed by atoms with E-state index in [1.54, 1.807) is 7.11 Å². The van der Waals surface area contributed by atoms with Crippen molar-refractivity contribution in [1.29, 1.82) is 0 Å². The van der Waals surface area contributed by atoms with Crippen molar-refractivity contribution in [3.63, 3.8) is 0 Å². The van der Waals surface area contributed by atoms with Crippen LogP contribution in [0.15, 0.2) is 12.1 Å². The van der Waals surface area contributed by atoms with Crippen LogP contribution in [0.3, 0.4) is 0 Å². The summed E-state index contributed by atoms with van der Waals surface area (Å²) in [6.45, 7) is 2.07. The average Bonchev–Trinajstić information content (AvgIpc) is 2.86. The van der Waals surface area contributed by atoms with Gasteiger partial charge in [0.05, 0.1) is 12.1 Å². The standard InChI is InChI=1S/C11H14ClNO/c1-6-3-11(14-2)9(12)4-7(6)8-5-10(8)13/h3-4,8,10H,5,13H2,1-2H3. The van der Waals surface area contributed by atoms with E-state index in [-0.39, 0.29) is 0 Å². The van der Waals surface area contributed by atoms with Gasteiger partial charge in [-0.1, -0.05) is 11.6 Å². The molecular weight excluding hydrogens is 198 g/mol. The molecule has 1 aromatic rings. The fourth-order valence-corrected chi connectivity index (χ4v) is 2.05. The second-order valence-corrected chi connectivity index (χ2v) is 4.26. The van der Waals surface area contributed by atoms with Crippen molar-refractivity contribution < 1.29 is 4.74 Å². The summed E-state index contributed by atoms with van der Waals surface area (Å²) in [7, 11) is 1.63. The zero-order valence-corrected chi connectivity index (χ0v) is 9.14. The molecule has 1 fully saturated rings. The van der Waals surface area contributed by atoms with Crippen molar-refractivity contribution in [3.05, 3.63) is 28.3 Å². The number of benzene rings is 1. The maximum Gasteiger partial charge on any atom is 0.137 e. The predicted molar refractivity (Wildman–Crippen MR) is 58.1 cm³/mol. The second-order valence-electron chi connectivity index (χ2n) is 3.85. The Kier molecular flexibility index (Phi) is 2.41. The minimum Gasteiger partial charge on any atom is -0.495 e. The molecular formula is C11H14ClNO. The maximum absolute atomic E-state index is 6.06. The molecule has 1 saturated carbocycles. The maximum atomic E-state index is 6.06. The molecule has 2 N–H and O–H groups in total. The van der Waals surface area contributed by atoms with Crippen LogP contribution in [0, 0.1) is 6.92 Å². The first-order valence-corrected chi connectivity index (χ1v) is 5.11. The molecule has 76 valence electrons. The predicted octanol–water partition coefficient (Wildman–Crippen LogP) is 2.47. The lowest BCUT2D eigenvalue weighted by atomic mass is 10.0. The van der Waals surface area contributed by atoms with Gasteiger partial charge in [-0.2, -0.15) is 0 Å². The van der Waals surface area contributed by atoms with E-state index in [0.717, 1.165) is 12.2 Å². The minimum absolute atomic E-state index is 0.318. The Morgan fingerprint density at radius 3 is 2.64 bits per heavy atom. The molecule has 0 radical (unpaired) electrons. The molecule has 0 saturated heterocycles. The molecule has 3 heteroatoms. The molecule has 0 spiro atoms. The van der Waals surface area contributed by atoms with E-state index in [0.29, 0.717) is 17.0 Å². The smallest absolute Gasteiger partial charge is 0.137 e. The van der Waals surface area contributed by atoms with Gasteiger partial charge in [0.15, 0.2) is 0 Å². The van der Waals surface area contributed by atoms with Crippen LogP contribution in [0.5, 0.6) is 5.75 Å². The highest BCUT2D eigenvalue weighted by molar-refractivity contribution is 6.32. The van der Waals surface area contributed by atoms with Crippen LogP contribution >= 0.6 is 11.6 Å². The highest BCUT2D eigenvalue weighted by atomic mass is 35.5. The lowest BCUT2D eigenvalue weighted by Crippen LogP contribution is -2.02. The van der Waals surface area contributed by atoms with Crippen LogP contribution in [-0.2, 0) is 0 Å². The molecule has 2 unspecified atom stereocenters. The number of rotatable bonds is 2. The lowest BCUT2D eigenvalue weighted by molar-refractivity contribution is 0.414. The molecule has 0 bridgehead atoms. The summed E-state index contributed by atoms with van der Waals surface area (Å²) >= 11 is 6.06.